The van der Waals surface area contributed by atoms with E-state index in [4.69, 9.17) is 14.7 Å². The molecule has 5 rings (SSSR count). The van der Waals surface area contributed by atoms with Crippen LogP contribution in [0.1, 0.15) is 23.7 Å². The number of hydrogen-bond donors (Lipinski definition) is 2. The molecule has 9 nitrogen and oxygen atoms in total. The largest absolute Gasteiger partial charge is 0.378 e. The Labute approximate surface area is 222 Å². The third kappa shape index (κ3) is 6.00. The van der Waals surface area contributed by atoms with Gasteiger partial charge in [-0.1, -0.05) is 30.3 Å². The van der Waals surface area contributed by atoms with Crippen molar-refractivity contribution in [2.45, 2.75) is 19.9 Å². The molecule has 2 aliphatic heterocycles. The van der Waals surface area contributed by atoms with Crippen molar-refractivity contribution in [2.24, 2.45) is 0 Å². The Bertz CT molecular complexity index is 1300. The third-order valence-electron chi connectivity index (χ3n) is 6.62. The number of amides is 3. The zero-order valence-electron chi connectivity index (χ0n) is 21.5. The van der Waals surface area contributed by atoms with Gasteiger partial charge in [-0.3, -0.25) is 4.79 Å². The summed E-state index contributed by atoms with van der Waals surface area (Å²) in [5.74, 6) is 1.48. The number of hydrogen-bond acceptors (Lipinski definition) is 6. The summed E-state index contributed by atoms with van der Waals surface area (Å²) in [4.78, 5) is 38.9. The van der Waals surface area contributed by atoms with Crippen LogP contribution in [0.15, 0.2) is 60.7 Å². The second-order valence-corrected chi connectivity index (χ2v) is 9.21. The lowest BCUT2D eigenvalue weighted by Gasteiger charge is -2.34. The molecule has 2 N–H and O–H groups in total. The Morgan fingerprint density at radius 2 is 1.76 bits per heavy atom. The van der Waals surface area contributed by atoms with Gasteiger partial charge in [-0.05, 0) is 42.8 Å². The number of anilines is 2. The van der Waals surface area contributed by atoms with Gasteiger partial charge in [0.1, 0.15) is 5.82 Å². The van der Waals surface area contributed by atoms with Crippen LogP contribution in [0, 0.1) is 0 Å². The Balaban J connectivity index is 1.40. The van der Waals surface area contributed by atoms with Gasteiger partial charge in [0.05, 0.1) is 25.5 Å². The number of urea groups is 1. The summed E-state index contributed by atoms with van der Waals surface area (Å²) >= 11 is 0. The smallest absolute Gasteiger partial charge is 0.319 e. The highest BCUT2D eigenvalue weighted by Gasteiger charge is 2.28. The van der Waals surface area contributed by atoms with Crippen molar-refractivity contribution in [2.75, 3.05) is 49.6 Å². The van der Waals surface area contributed by atoms with Gasteiger partial charge in [0.25, 0.3) is 0 Å². The standard InChI is InChI=1S/C29H32N6O3/c1-2-30-29(37)31-23-11-9-22(10-12-23)27-32-25-14-15-35(26(36)13-8-21-6-4-3-5-7-21)20-24(25)28(33-27)34-16-18-38-19-17-34/h3-13H,2,14-20H2,1H3,(H2,30,31,37). The molecule has 2 aliphatic rings. The molecule has 0 aliphatic carbocycles. The molecule has 0 saturated carbocycles. The maximum atomic E-state index is 13.0. The van der Waals surface area contributed by atoms with Crippen molar-refractivity contribution in [3.8, 4) is 11.4 Å². The van der Waals surface area contributed by atoms with Gasteiger partial charge in [0, 0.05) is 55.5 Å². The van der Waals surface area contributed by atoms with Crippen LogP contribution >= 0.6 is 0 Å². The second-order valence-electron chi connectivity index (χ2n) is 9.21. The number of morpholine rings is 1. The average molecular weight is 513 g/mol. The van der Waals surface area contributed by atoms with Crippen LogP contribution in [0.2, 0.25) is 0 Å². The van der Waals surface area contributed by atoms with Gasteiger partial charge in [0.15, 0.2) is 5.82 Å². The number of carbonyl (C=O) groups is 2. The molecule has 3 amide bonds. The maximum absolute atomic E-state index is 13.0. The van der Waals surface area contributed by atoms with Crippen LogP contribution in [0.5, 0.6) is 0 Å². The Morgan fingerprint density at radius 1 is 1.00 bits per heavy atom. The summed E-state index contributed by atoms with van der Waals surface area (Å²) < 4.78 is 5.58. The molecule has 0 bridgehead atoms. The highest BCUT2D eigenvalue weighted by atomic mass is 16.5. The summed E-state index contributed by atoms with van der Waals surface area (Å²) in [6.07, 6.45) is 4.15. The first-order chi connectivity index (χ1) is 18.6. The van der Waals surface area contributed by atoms with Gasteiger partial charge in [-0.15, -0.1) is 0 Å². The molecular formula is C29H32N6O3. The van der Waals surface area contributed by atoms with E-state index in [1.54, 1.807) is 6.08 Å². The molecular weight excluding hydrogens is 480 g/mol. The minimum absolute atomic E-state index is 0.0216. The predicted molar refractivity (Wildman–Crippen MR) is 148 cm³/mol. The molecule has 0 spiro atoms. The normalized spacial score (nSPS) is 15.3. The molecule has 3 aromatic rings. The summed E-state index contributed by atoms with van der Waals surface area (Å²) in [6.45, 7) is 6.24. The number of benzene rings is 2. The molecule has 3 heterocycles. The van der Waals surface area contributed by atoms with Crippen LogP contribution in [0.3, 0.4) is 0 Å². The van der Waals surface area contributed by atoms with Crippen LogP contribution in [0.25, 0.3) is 17.5 Å². The van der Waals surface area contributed by atoms with Gasteiger partial charge in [-0.2, -0.15) is 0 Å². The third-order valence-corrected chi connectivity index (χ3v) is 6.62. The maximum Gasteiger partial charge on any atom is 0.319 e. The van der Waals surface area contributed by atoms with Crippen molar-refractivity contribution in [3.63, 3.8) is 0 Å². The molecule has 1 aromatic heterocycles. The van der Waals surface area contributed by atoms with Crippen LogP contribution in [-0.2, 0) is 22.5 Å². The van der Waals surface area contributed by atoms with E-state index in [1.165, 1.54) is 0 Å². The lowest BCUT2D eigenvalue weighted by Crippen LogP contribution is -2.40. The molecule has 1 fully saturated rings. The van der Waals surface area contributed by atoms with Crippen LogP contribution in [-0.4, -0.2) is 66.2 Å². The molecule has 0 atom stereocenters. The van der Waals surface area contributed by atoms with Gasteiger partial charge in [-0.25, -0.2) is 14.8 Å². The number of nitrogens with one attached hydrogen (secondary N) is 2. The summed E-state index contributed by atoms with van der Waals surface area (Å²) in [6, 6.07) is 17.1. The zero-order chi connectivity index (χ0) is 26.3. The number of fused-ring (bicyclic) bond motifs is 1. The minimum atomic E-state index is -0.238. The lowest BCUT2D eigenvalue weighted by atomic mass is 10.0. The van der Waals surface area contributed by atoms with E-state index in [9.17, 15) is 9.59 Å². The minimum Gasteiger partial charge on any atom is -0.378 e. The SMILES string of the molecule is CCNC(=O)Nc1ccc(-c2nc3c(c(N4CCOCC4)n2)CN(C(=O)C=Cc2ccccc2)CC3)cc1. The fourth-order valence-corrected chi connectivity index (χ4v) is 4.63. The van der Waals surface area contributed by atoms with Crippen molar-refractivity contribution in [1.82, 2.24) is 20.2 Å². The number of aromatic nitrogens is 2. The van der Waals surface area contributed by atoms with Gasteiger partial charge >= 0.3 is 6.03 Å². The zero-order valence-corrected chi connectivity index (χ0v) is 21.5. The molecule has 9 heteroatoms. The average Bonchev–Trinajstić information content (AvgIpc) is 2.96. The lowest BCUT2D eigenvalue weighted by molar-refractivity contribution is -0.126. The van der Waals surface area contributed by atoms with Crippen LogP contribution in [0.4, 0.5) is 16.3 Å². The fraction of sp³-hybridized carbons (Fsp3) is 0.310. The first kappa shape index (κ1) is 25.4. The monoisotopic (exact) mass is 512 g/mol. The molecule has 0 radical (unpaired) electrons. The molecule has 38 heavy (non-hydrogen) atoms. The van der Waals surface area contributed by atoms with Crippen molar-refractivity contribution in [1.29, 1.82) is 0 Å². The molecule has 196 valence electrons. The number of carbonyl (C=O) groups excluding carboxylic acids is 2. The summed E-state index contributed by atoms with van der Waals surface area (Å²) in [5, 5.41) is 5.54. The first-order valence-electron chi connectivity index (χ1n) is 13.0. The first-order valence-corrected chi connectivity index (χ1v) is 13.0. The Hall–Kier alpha value is -4.24. The van der Waals surface area contributed by atoms with Gasteiger partial charge in [0.2, 0.25) is 5.91 Å². The van der Waals surface area contributed by atoms with E-state index in [0.29, 0.717) is 50.8 Å². The Kier molecular flexibility index (Phi) is 7.94. The van der Waals surface area contributed by atoms with Crippen molar-refractivity contribution < 1.29 is 14.3 Å². The highest BCUT2D eigenvalue weighted by Crippen LogP contribution is 2.31. The number of nitrogens with zero attached hydrogens (tertiary/aromatic N) is 4. The Morgan fingerprint density at radius 3 is 2.50 bits per heavy atom. The molecule has 0 unspecified atom stereocenters. The van der Waals surface area contributed by atoms with E-state index in [2.05, 4.69) is 15.5 Å². The predicted octanol–water partition coefficient (Wildman–Crippen LogP) is 3.72. The van der Waals surface area contributed by atoms with E-state index < -0.39 is 0 Å². The number of rotatable bonds is 6. The summed E-state index contributed by atoms with van der Waals surface area (Å²) in [5.41, 5.74) is 4.53. The number of ether oxygens (including phenoxy) is 1. The van der Waals surface area contributed by atoms with Crippen LogP contribution < -0.4 is 15.5 Å². The topological polar surface area (TPSA) is 99.7 Å². The highest BCUT2D eigenvalue weighted by molar-refractivity contribution is 5.92. The van der Waals surface area contributed by atoms with Gasteiger partial charge < -0.3 is 25.2 Å². The van der Waals surface area contributed by atoms with Crippen molar-refractivity contribution >= 4 is 29.5 Å². The molecule has 1 saturated heterocycles. The second kappa shape index (κ2) is 11.9. The van der Waals surface area contributed by atoms with E-state index >= 15 is 0 Å². The fourth-order valence-electron chi connectivity index (χ4n) is 4.63. The quantitative estimate of drug-likeness (QED) is 0.489. The summed E-state index contributed by atoms with van der Waals surface area (Å²) in [7, 11) is 0. The van der Waals surface area contributed by atoms with E-state index in [-0.39, 0.29) is 11.9 Å². The van der Waals surface area contributed by atoms with E-state index in [1.807, 2.05) is 72.5 Å². The van der Waals surface area contributed by atoms with E-state index in [0.717, 1.165) is 41.3 Å². The molecule has 2 aromatic carbocycles. The van der Waals surface area contributed by atoms with Crippen molar-refractivity contribution in [3.05, 3.63) is 77.5 Å².